The summed E-state index contributed by atoms with van der Waals surface area (Å²) in [5, 5.41) is 2.79. The summed E-state index contributed by atoms with van der Waals surface area (Å²) < 4.78 is 3.56. The largest absolute Gasteiger partial charge is 0.387 e. The van der Waals surface area contributed by atoms with Crippen molar-refractivity contribution in [2.75, 3.05) is 65.7 Å². The number of rotatable bonds is 33. The van der Waals surface area contributed by atoms with E-state index in [1.54, 1.807) is 12.1 Å². The molecule has 6 aromatic rings. The summed E-state index contributed by atoms with van der Waals surface area (Å²) in [6, 6.07) is 36.0. The molecule has 9 rings (SSSR count). The van der Waals surface area contributed by atoms with Crippen LogP contribution in [0.2, 0.25) is 0 Å². The van der Waals surface area contributed by atoms with Gasteiger partial charge in [-0.3, -0.25) is 39.1 Å². The zero-order chi connectivity index (χ0) is 74.4. The molecule has 0 spiro atoms. The Morgan fingerprint density at radius 2 is 0.981 bits per heavy atom. The maximum Gasteiger partial charge on any atom is 0.250 e. The number of likely N-dealkylation sites (N-methyl/N-ethyl adjacent to an activating group) is 1. The summed E-state index contributed by atoms with van der Waals surface area (Å²) in [5.74, 6) is 2.57. The van der Waals surface area contributed by atoms with Gasteiger partial charge < -0.3 is 35.4 Å². The van der Waals surface area contributed by atoms with Crippen molar-refractivity contribution in [1.82, 2.24) is 35.1 Å². The smallest absolute Gasteiger partial charge is 0.250 e. The third-order valence-electron chi connectivity index (χ3n) is 18.4. The number of amidine groups is 3. The highest BCUT2D eigenvalue weighted by Gasteiger charge is 2.26. The van der Waals surface area contributed by atoms with Crippen LogP contribution < -0.4 is 21.3 Å². The number of aldehydes is 3. The highest BCUT2D eigenvalue weighted by Crippen LogP contribution is 2.38. The van der Waals surface area contributed by atoms with E-state index in [9.17, 15) is 28.8 Å². The molecule has 0 bridgehead atoms. The number of carbonyl (C=O) groups is 6. The number of hydrogen-bond donors (Lipinski definition) is 4. The monoisotopic (exact) mass is 1420 g/mol. The maximum atomic E-state index is 14.4. The molecule has 19 heteroatoms. The minimum atomic E-state index is -0.0538. The normalized spacial score (nSPS) is 13.7. The van der Waals surface area contributed by atoms with Crippen LogP contribution in [0.5, 0.6) is 0 Å². The van der Waals surface area contributed by atoms with E-state index in [4.69, 9.17) is 20.6 Å². The molecule has 104 heavy (non-hydrogen) atoms. The van der Waals surface area contributed by atoms with Gasteiger partial charge in [0.05, 0.1) is 23.7 Å². The fourth-order valence-electron chi connectivity index (χ4n) is 12.8. The van der Waals surface area contributed by atoms with E-state index >= 15 is 0 Å². The molecule has 0 radical (unpaired) electrons. The van der Waals surface area contributed by atoms with E-state index in [-0.39, 0.29) is 31.3 Å². The molecule has 0 saturated carbocycles. The third-order valence-corrected chi connectivity index (χ3v) is 19.2. The first-order chi connectivity index (χ1) is 50.2. The third kappa shape index (κ3) is 20.7. The summed E-state index contributed by atoms with van der Waals surface area (Å²) in [4.78, 5) is 106. The van der Waals surface area contributed by atoms with Gasteiger partial charge in [0.15, 0.2) is 12.6 Å². The number of allylic oxidation sites excluding steroid dienone is 3. The highest BCUT2D eigenvalue weighted by molar-refractivity contribution is 7.97. The number of fused-ring (bicyclic) bond motifs is 3. The molecule has 3 aliphatic heterocycles. The van der Waals surface area contributed by atoms with E-state index in [1.165, 1.54) is 17.5 Å². The van der Waals surface area contributed by atoms with Gasteiger partial charge in [-0.25, -0.2) is 15.0 Å². The Kier molecular flexibility index (Phi) is 28.1. The average molecular weight is 1420 g/mol. The topological polar surface area (TPSA) is 224 Å². The number of nitrogens with zero attached hydrogens (tertiary/aromatic N) is 7. The van der Waals surface area contributed by atoms with Gasteiger partial charge >= 0.3 is 0 Å². The number of hydroxylamine groups is 1. The lowest BCUT2D eigenvalue weighted by Crippen LogP contribution is -2.35. The first kappa shape index (κ1) is 77.7. The molecule has 18 nitrogen and oxygen atoms in total. The van der Waals surface area contributed by atoms with E-state index in [0.29, 0.717) is 120 Å². The Morgan fingerprint density at radius 3 is 1.47 bits per heavy atom. The van der Waals surface area contributed by atoms with Gasteiger partial charge in [-0.15, -0.1) is 0 Å². The SMILES string of the molecule is CCCN(CCC)C(=O)C1=Cc2ccc(-c3ccc(C=O)c(/C=C(/C)N(C)CCSNC4=Nc5cc(-c6ccc(CC(C)C)c(/C=C(/C)NC=O)c6)ccc5C=C(C(=O)N(CCC)CCC)C4)c3)cc2N=C(NOCCN(C)/C(C)=C\c2cc(-c3ccc4c(c3)N=C(N)CC(C=O)=C4)ccc2C=O)C1. The molecule has 6 aromatic carbocycles. The van der Waals surface area contributed by atoms with Crippen LogP contribution in [0.4, 0.5) is 17.1 Å². The molecule has 0 unspecified atom stereocenters. The van der Waals surface area contributed by atoms with Crippen molar-refractivity contribution in [2.24, 2.45) is 26.6 Å². The van der Waals surface area contributed by atoms with Crippen LogP contribution in [0.15, 0.2) is 158 Å². The number of amides is 3. The summed E-state index contributed by atoms with van der Waals surface area (Å²) in [5.41, 5.74) is 28.5. The molecule has 0 aliphatic carbocycles. The summed E-state index contributed by atoms with van der Waals surface area (Å²) >= 11 is 1.53. The lowest BCUT2D eigenvalue weighted by Gasteiger charge is -2.23. The molecule has 0 saturated heterocycles. The highest BCUT2D eigenvalue weighted by atomic mass is 32.2. The van der Waals surface area contributed by atoms with Crippen LogP contribution in [0.3, 0.4) is 0 Å². The van der Waals surface area contributed by atoms with Gasteiger partial charge in [-0.2, -0.15) is 0 Å². The quantitative estimate of drug-likeness (QED) is 0.0130. The van der Waals surface area contributed by atoms with Gasteiger partial charge in [0.25, 0.3) is 0 Å². The van der Waals surface area contributed by atoms with E-state index in [2.05, 4.69) is 97.3 Å². The molecular weight excluding hydrogens is 1320 g/mol. The van der Waals surface area contributed by atoms with Crippen LogP contribution in [0.1, 0.15) is 167 Å². The van der Waals surface area contributed by atoms with Crippen molar-refractivity contribution in [2.45, 2.75) is 114 Å². The number of aliphatic imine (C=N–C) groups is 3. The standard InChI is InChI=1S/C85H99N11O7S/c1-12-28-95(29-13-2)84(101)76-45-69-24-19-66(48-79(69)89-82(50-76)91-103-34-32-93(10)58(8)38-74-43-63(21-26-71(74)53-98)65-18-23-68-40-60(52-97)41-81(86)88-78(68)47-65)64-22-27-72(54-99)75(44-64)39-59(9)94(11)33-35-104-92-83-51-77(85(102)96(30-14-3)31-15-4)46-70-25-20-67(49-80(70)90-83)62-17-16-61(36-56(5)6)73(42-62)37-57(7)87-55-100/h16-27,37-40,42-49,52-56H,12-15,28-36,41,50-51H2,1-11H3,(H2,86,88)(H,87,100)(H,89,91)(H,90,92)/b57-37-,58-38-,59-39-. The molecule has 3 heterocycles. The van der Waals surface area contributed by atoms with Crippen molar-refractivity contribution >= 4 is 120 Å². The molecule has 3 aliphatic rings. The van der Waals surface area contributed by atoms with Gasteiger partial charge in [0.2, 0.25) is 18.2 Å². The van der Waals surface area contributed by atoms with Gasteiger partial charge in [-0.05, 0) is 199 Å². The number of carbonyl (C=O) groups excluding carboxylic acids is 6. The average Bonchev–Trinajstić information content (AvgIpc) is 1.25. The minimum Gasteiger partial charge on any atom is -0.387 e. The fourth-order valence-corrected chi connectivity index (χ4v) is 13.6. The van der Waals surface area contributed by atoms with Crippen LogP contribution in [-0.2, 0) is 30.4 Å². The second kappa shape index (κ2) is 37.6. The Hall–Kier alpha value is -10.5. The number of nitrogens with two attached hydrogens (primary N) is 1. The molecule has 0 fully saturated rings. The van der Waals surface area contributed by atoms with Crippen molar-refractivity contribution in [1.29, 1.82) is 0 Å². The van der Waals surface area contributed by atoms with Crippen LogP contribution in [-0.4, -0.2) is 140 Å². The Morgan fingerprint density at radius 1 is 0.529 bits per heavy atom. The lowest BCUT2D eigenvalue weighted by molar-refractivity contribution is -0.128. The maximum absolute atomic E-state index is 14.4. The van der Waals surface area contributed by atoms with Crippen LogP contribution in [0.25, 0.3) is 69.8 Å². The molecule has 0 aromatic heterocycles. The van der Waals surface area contributed by atoms with Gasteiger partial charge in [0.1, 0.15) is 23.8 Å². The molecule has 3 amide bonds. The number of benzene rings is 6. The predicted octanol–water partition coefficient (Wildman–Crippen LogP) is 16.3. The second-order valence-electron chi connectivity index (χ2n) is 27.2. The second-order valence-corrected chi connectivity index (χ2v) is 28.1. The summed E-state index contributed by atoms with van der Waals surface area (Å²) in [6.45, 7) is 22.6. The van der Waals surface area contributed by atoms with Crippen molar-refractivity contribution < 1.29 is 33.6 Å². The predicted molar refractivity (Wildman–Crippen MR) is 429 cm³/mol. The first-order valence-corrected chi connectivity index (χ1v) is 37.1. The van der Waals surface area contributed by atoms with Gasteiger partial charge in [-0.1, -0.05) is 114 Å². The van der Waals surface area contributed by atoms with Crippen molar-refractivity contribution in [3.8, 4) is 33.4 Å². The van der Waals surface area contributed by atoms with Crippen LogP contribution in [0, 0.1) is 5.92 Å². The molecular formula is C85H99N11O7S. The van der Waals surface area contributed by atoms with Crippen molar-refractivity contribution in [3.05, 3.63) is 193 Å². The number of hydrogen-bond acceptors (Lipinski definition) is 16. The Balaban J connectivity index is 0.901. The Bertz CT molecular complexity index is 4470. The van der Waals surface area contributed by atoms with Crippen LogP contribution >= 0.6 is 11.9 Å². The lowest BCUT2D eigenvalue weighted by atomic mass is 9.93. The molecule has 0 atom stereocenters. The van der Waals surface area contributed by atoms with E-state index in [0.717, 1.165) is 141 Å². The van der Waals surface area contributed by atoms with E-state index < -0.39 is 0 Å². The Labute approximate surface area is 617 Å². The first-order valence-electron chi connectivity index (χ1n) is 36.1. The fraction of sp³-hybridized carbons (Fsp3) is 0.329. The summed E-state index contributed by atoms with van der Waals surface area (Å²) in [7, 11) is 3.98. The van der Waals surface area contributed by atoms with E-state index in [1.807, 2.05) is 153 Å². The summed E-state index contributed by atoms with van der Waals surface area (Å²) in [6.07, 6.45) is 20.0. The molecule has 5 N–H and O–H groups in total. The van der Waals surface area contributed by atoms with Crippen molar-refractivity contribution in [3.63, 3.8) is 0 Å². The number of nitrogens with one attached hydrogen (secondary N) is 3. The van der Waals surface area contributed by atoms with Gasteiger partial charge in [0, 0.05) is 140 Å². The zero-order valence-corrected chi connectivity index (χ0v) is 62.8. The molecule has 542 valence electrons. The minimum absolute atomic E-state index is 0.0115. The zero-order valence-electron chi connectivity index (χ0n) is 62.0.